The first-order valence-electron chi connectivity index (χ1n) is 10.3. The summed E-state index contributed by atoms with van der Waals surface area (Å²) in [5, 5.41) is 0. The fourth-order valence-corrected chi connectivity index (χ4v) is 5.70. The van der Waals surface area contributed by atoms with E-state index in [2.05, 4.69) is 0 Å². The Morgan fingerprint density at radius 1 is 0.906 bits per heavy atom. The Balaban J connectivity index is 1.44. The number of benzene rings is 2. The number of methoxy groups -OCH3 is 1. The molecule has 170 valence electrons. The van der Waals surface area contributed by atoms with Crippen molar-refractivity contribution in [1.82, 2.24) is 9.80 Å². The third kappa shape index (κ3) is 4.30. The van der Waals surface area contributed by atoms with E-state index in [9.17, 15) is 22.8 Å². The van der Waals surface area contributed by atoms with Gasteiger partial charge in [-0.1, -0.05) is 0 Å². The van der Waals surface area contributed by atoms with Crippen molar-refractivity contribution in [3.05, 3.63) is 65.2 Å². The summed E-state index contributed by atoms with van der Waals surface area (Å²) in [4.78, 5) is 29.1. The van der Waals surface area contributed by atoms with Gasteiger partial charge < -0.3 is 14.5 Å². The summed E-state index contributed by atoms with van der Waals surface area (Å²) in [5.74, 6) is 1.11. The molecule has 2 saturated heterocycles. The van der Waals surface area contributed by atoms with E-state index in [1.165, 1.54) is 12.1 Å². The number of rotatable bonds is 3. The zero-order valence-electron chi connectivity index (χ0n) is 17.5. The molecule has 0 atom stereocenters. The Bertz CT molecular complexity index is 985. The maximum Gasteiger partial charge on any atom is 0.416 e. The summed E-state index contributed by atoms with van der Waals surface area (Å²) in [5.41, 5.74) is 0.0556. The largest absolute Gasteiger partial charge is 0.497 e. The molecule has 2 fully saturated rings. The molecule has 2 aromatic carbocycles. The Hall–Kier alpha value is -2.68. The number of alkyl halides is 3. The van der Waals surface area contributed by atoms with Crippen molar-refractivity contribution in [2.75, 3.05) is 32.5 Å². The van der Waals surface area contributed by atoms with Gasteiger partial charge in [0.2, 0.25) is 0 Å². The molecular weight excluding hydrogens is 441 g/mol. The van der Waals surface area contributed by atoms with Gasteiger partial charge in [0, 0.05) is 36.5 Å². The minimum atomic E-state index is -4.43. The highest BCUT2D eigenvalue weighted by molar-refractivity contribution is 8.00. The molecule has 0 saturated carbocycles. The number of thioether (sulfide) groups is 1. The van der Waals surface area contributed by atoms with Gasteiger partial charge in [-0.3, -0.25) is 9.59 Å². The predicted molar refractivity (Wildman–Crippen MR) is 116 cm³/mol. The maximum atomic E-state index is 13.1. The molecule has 0 aliphatic carbocycles. The number of hydrogen-bond donors (Lipinski definition) is 0. The van der Waals surface area contributed by atoms with Crippen LogP contribution in [0.1, 0.15) is 39.1 Å². The fraction of sp³-hybridized carbons (Fsp3) is 0.391. The monoisotopic (exact) mass is 464 g/mol. The quantitative estimate of drug-likeness (QED) is 0.670. The third-order valence-corrected chi connectivity index (χ3v) is 7.60. The molecule has 1 spiro atoms. The van der Waals surface area contributed by atoms with Crippen molar-refractivity contribution < 1.29 is 27.5 Å². The van der Waals surface area contributed by atoms with E-state index in [0.29, 0.717) is 43.8 Å². The first kappa shape index (κ1) is 22.5. The van der Waals surface area contributed by atoms with Crippen LogP contribution in [-0.2, 0) is 6.18 Å². The summed E-state index contributed by atoms with van der Waals surface area (Å²) >= 11 is 1.69. The van der Waals surface area contributed by atoms with Gasteiger partial charge in [-0.25, -0.2) is 0 Å². The van der Waals surface area contributed by atoms with Gasteiger partial charge in [0.15, 0.2) is 0 Å². The highest BCUT2D eigenvalue weighted by Gasteiger charge is 2.47. The second-order valence-corrected chi connectivity index (χ2v) is 9.30. The summed E-state index contributed by atoms with van der Waals surface area (Å²) in [7, 11) is 1.57. The molecule has 32 heavy (non-hydrogen) atoms. The minimum Gasteiger partial charge on any atom is -0.497 e. The van der Waals surface area contributed by atoms with Crippen LogP contribution in [0.4, 0.5) is 13.2 Å². The fourth-order valence-electron chi connectivity index (χ4n) is 4.24. The zero-order valence-corrected chi connectivity index (χ0v) is 18.3. The number of ether oxygens (including phenoxy) is 1. The van der Waals surface area contributed by atoms with Crippen LogP contribution in [-0.4, -0.2) is 59.0 Å². The molecule has 2 aliphatic rings. The van der Waals surface area contributed by atoms with Crippen molar-refractivity contribution in [3.8, 4) is 5.75 Å². The lowest BCUT2D eigenvalue weighted by Gasteiger charge is -2.44. The number of hydrogen-bond acceptors (Lipinski definition) is 4. The van der Waals surface area contributed by atoms with E-state index >= 15 is 0 Å². The first-order chi connectivity index (χ1) is 15.2. The van der Waals surface area contributed by atoms with Crippen molar-refractivity contribution in [3.63, 3.8) is 0 Å². The van der Waals surface area contributed by atoms with Crippen LogP contribution >= 0.6 is 11.8 Å². The standard InChI is InChI=1S/C23H23F3N2O3S/c1-31-19-8-4-16(5-9-19)20(29)27-12-10-22(11-13-27)28(14-15-32-22)21(30)17-2-6-18(7-3-17)23(24,25)26/h2-9H,10-15H2,1H3. The molecule has 2 heterocycles. The average Bonchev–Trinajstić information content (AvgIpc) is 3.21. The van der Waals surface area contributed by atoms with Crippen LogP contribution in [0.2, 0.25) is 0 Å². The lowest BCUT2D eigenvalue weighted by molar-refractivity contribution is -0.137. The summed E-state index contributed by atoms with van der Waals surface area (Å²) in [6, 6.07) is 11.3. The number of nitrogens with zero attached hydrogens (tertiary/aromatic N) is 2. The SMILES string of the molecule is COc1ccc(C(=O)N2CCC3(CC2)SCCN3C(=O)c2ccc(C(F)(F)F)cc2)cc1. The summed E-state index contributed by atoms with van der Waals surface area (Å²) in [6.45, 7) is 1.56. The molecule has 4 rings (SSSR count). The van der Waals surface area contributed by atoms with Gasteiger partial charge in [-0.15, -0.1) is 11.8 Å². The highest BCUT2D eigenvalue weighted by atomic mass is 32.2. The lowest BCUT2D eigenvalue weighted by Crippen LogP contribution is -2.53. The van der Waals surface area contributed by atoms with Crippen LogP contribution in [0, 0.1) is 0 Å². The van der Waals surface area contributed by atoms with Crippen LogP contribution < -0.4 is 4.74 Å². The van der Waals surface area contributed by atoms with Crippen molar-refractivity contribution >= 4 is 23.6 Å². The van der Waals surface area contributed by atoms with Crippen LogP contribution in [0.5, 0.6) is 5.75 Å². The van der Waals surface area contributed by atoms with Gasteiger partial charge in [0.25, 0.3) is 11.8 Å². The molecule has 0 N–H and O–H groups in total. The van der Waals surface area contributed by atoms with Crippen molar-refractivity contribution in [2.45, 2.75) is 23.9 Å². The molecule has 2 aromatic rings. The van der Waals surface area contributed by atoms with Crippen LogP contribution in [0.25, 0.3) is 0 Å². The number of carbonyl (C=O) groups excluding carboxylic acids is 2. The maximum absolute atomic E-state index is 13.1. The molecule has 0 aromatic heterocycles. The number of carbonyl (C=O) groups is 2. The van der Waals surface area contributed by atoms with Gasteiger partial charge in [0.05, 0.1) is 17.5 Å². The Morgan fingerprint density at radius 2 is 1.47 bits per heavy atom. The van der Waals surface area contributed by atoms with Crippen LogP contribution in [0.15, 0.2) is 48.5 Å². The summed E-state index contributed by atoms with van der Waals surface area (Å²) in [6.07, 6.45) is -3.20. The molecular formula is C23H23F3N2O3S. The number of amides is 2. The molecule has 9 heteroatoms. The second kappa shape index (κ2) is 8.69. The van der Waals surface area contributed by atoms with E-state index in [1.54, 1.807) is 52.9 Å². The van der Waals surface area contributed by atoms with Gasteiger partial charge in [0.1, 0.15) is 5.75 Å². The Labute approximate surface area is 188 Å². The first-order valence-corrected chi connectivity index (χ1v) is 11.3. The van der Waals surface area contributed by atoms with Crippen molar-refractivity contribution in [1.29, 1.82) is 0 Å². The Morgan fingerprint density at radius 3 is 2.03 bits per heavy atom. The highest BCUT2D eigenvalue weighted by Crippen LogP contribution is 2.44. The minimum absolute atomic E-state index is 0.0638. The topological polar surface area (TPSA) is 49.9 Å². The molecule has 0 unspecified atom stereocenters. The lowest BCUT2D eigenvalue weighted by atomic mass is 9.99. The predicted octanol–water partition coefficient (Wildman–Crippen LogP) is 4.54. The van der Waals surface area contributed by atoms with E-state index < -0.39 is 16.6 Å². The summed E-state index contributed by atoms with van der Waals surface area (Å²) < 4.78 is 43.6. The molecule has 2 aliphatic heterocycles. The number of likely N-dealkylation sites (tertiary alicyclic amines) is 1. The molecule has 0 bridgehead atoms. The van der Waals surface area contributed by atoms with E-state index in [0.717, 1.165) is 17.9 Å². The smallest absolute Gasteiger partial charge is 0.416 e. The third-order valence-electron chi connectivity index (χ3n) is 6.05. The van der Waals surface area contributed by atoms with E-state index in [1.807, 2.05) is 0 Å². The van der Waals surface area contributed by atoms with Gasteiger partial charge in [-0.2, -0.15) is 13.2 Å². The normalized spacial score (nSPS) is 18.1. The average molecular weight is 465 g/mol. The number of halogens is 3. The molecule has 5 nitrogen and oxygen atoms in total. The van der Waals surface area contributed by atoms with Gasteiger partial charge >= 0.3 is 6.18 Å². The molecule has 0 radical (unpaired) electrons. The number of piperidine rings is 1. The second-order valence-electron chi connectivity index (χ2n) is 7.85. The van der Waals surface area contributed by atoms with Crippen LogP contribution in [0.3, 0.4) is 0 Å². The van der Waals surface area contributed by atoms with Gasteiger partial charge in [-0.05, 0) is 61.4 Å². The zero-order chi connectivity index (χ0) is 22.9. The Kier molecular flexibility index (Phi) is 6.11. The van der Waals surface area contributed by atoms with E-state index in [-0.39, 0.29) is 17.4 Å². The van der Waals surface area contributed by atoms with Crippen molar-refractivity contribution in [2.24, 2.45) is 0 Å². The molecule has 2 amide bonds. The van der Waals surface area contributed by atoms with E-state index in [4.69, 9.17) is 4.74 Å².